The van der Waals surface area contributed by atoms with Crippen molar-refractivity contribution in [3.8, 4) is 0 Å². The normalized spacial score (nSPS) is 26.7. The van der Waals surface area contributed by atoms with Crippen LogP contribution >= 0.6 is 0 Å². The van der Waals surface area contributed by atoms with Crippen molar-refractivity contribution in [2.45, 2.75) is 76.3 Å². The van der Waals surface area contributed by atoms with Crippen LogP contribution in [0.3, 0.4) is 0 Å². The van der Waals surface area contributed by atoms with Gasteiger partial charge in [-0.15, -0.1) is 0 Å². The molecule has 0 radical (unpaired) electrons. The Morgan fingerprint density at radius 3 is 2.19 bits per heavy atom. The second kappa shape index (κ2) is 7.78. The Hall–Kier alpha value is -1.10. The number of nitrogens with two attached hydrogens (primary N) is 2. The molecule has 0 bridgehead atoms. The summed E-state index contributed by atoms with van der Waals surface area (Å²) >= 11 is 0. The molecule has 0 aliphatic heterocycles. The second-order valence-corrected chi connectivity index (χ2v) is 6.75. The van der Waals surface area contributed by atoms with E-state index in [2.05, 4.69) is 0 Å². The van der Waals surface area contributed by atoms with Crippen LogP contribution in [-0.2, 0) is 9.59 Å². The van der Waals surface area contributed by atoms with Crippen molar-refractivity contribution in [1.82, 2.24) is 4.90 Å². The highest BCUT2D eigenvalue weighted by Crippen LogP contribution is 2.28. The van der Waals surface area contributed by atoms with Gasteiger partial charge in [-0.25, -0.2) is 0 Å². The smallest absolute Gasteiger partial charge is 0.237 e. The summed E-state index contributed by atoms with van der Waals surface area (Å²) in [6.07, 6.45) is 10.2. The third-order valence-electron chi connectivity index (χ3n) is 5.07. The number of amides is 2. The standard InChI is InChI=1S/C16H29N3O2/c17-13-8-5-12(6-9-13)7-10-16(21)19(11-15(18)20)14-3-1-2-4-14/h12-14H,1-11,17H2,(H2,18,20). The second-order valence-electron chi connectivity index (χ2n) is 6.75. The van der Waals surface area contributed by atoms with E-state index in [0.29, 0.717) is 18.4 Å². The van der Waals surface area contributed by atoms with E-state index < -0.39 is 5.91 Å². The Morgan fingerprint density at radius 2 is 1.62 bits per heavy atom. The molecule has 120 valence electrons. The third kappa shape index (κ3) is 4.99. The average Bonchev–Trinajstić information content (AvgIpc) is 2.97. The molecule has 0 aromatic carbocycles. The molecule has 0 atom stereocenters. The summed E-state index contributed by atoms with van der Waals surface area (Å²) in [6.45, 7) is 0.0824. The van der Waals surface area contributed by atoms with Gasteiger partial charge in [0.1, 0.15) is 0 Å². The van der Waals surface area contributed by atoms with Crippen molar-refractivity contribution in [2.75, 3.05) is 6.54 Å². The average molecular weight is 295 g/mol. The van der Waals surface area contributed by atoms with Crippen LogP contribution in [0.4, 0.5) is 0 Å². The lowest BCUT2D eigenvalue weighted by atomic mass is 9.83. The summed E-state index contributed by atoms with van der Waals surface area (Å²) in [5.74, 6) is 0.321. The summed E-state index contributed by atoms with van der Waals surface area (Å²) in [6, 6.07) is 0.576. The molecule has 2 fully saturated rings. The van der Waals surface area contributed by atoms with Crippen LogP contribution < -0.4 is 11.5 Å². The van der Waals surface area contributed by atoms with Crippen molar-refractivity contribution in [3.05, 3.63) is 0 Å². The van der Waals surface area contributed by atoms with Crippen LogP contribution in [0.1, 0.15) is 64.2 Å². The van der Waals surface area contributed by atoms with Crippen LogP contribution in [0.25, 0.3) is 0 Å². The van der Waals surface area contributed by atoms with Crippen molar-refractivity contribution in [1.29, 1.82) is 0 Å². The molecule has 2 rings (SSSR count). The summed E-state index contributed by atoms with van der Waals surface area (Å²) in [7, 11) is 0. The molecule has 5 nitrogen and oxygen atoms in total. The van der Waals surface area contributed by atoms with Crippen LogP contribution in [0.15, 0.2) is 0 Å². The van der Waals surface area contributed by atoms with Gasteiger partial charge in [-0.1, -0.05) is 12.8 Å². The van der Waals surface area contributed by atoms with Crippen LogP contribution in [0, 0.1) is 5.92 Å². The quantitative estimate of drug-likeness (QED) is 0.779. The first-order valence-corrected chi connectivity index (χ1v) is 8.39. The number of rotatable bonds is 6. The van der Waals surface area contributed by atoms with Gasteiger partial charge in [-0.2, -0.15) is 0 Å². The maximum atomic E-state index is 12.5. The minimum atomic E-state index is -0.404. The highest BCUT2D eigenvalue weighted by molar-refractivity contribution is 5.84. The van der Waals surface area contributed by atoms with Gasteiger partial charge in [0.05, 0.1) is 6.54 Å². The number of hydrogen-bond acceptors (Lipinski definition) is 3. The molecule has 4 N–H and O–H groups in total. The lowest BCUT2D eigenvalue weighted by Crippen LogP contribution is -2.44. The zero-order chi connectivity index (χ0) is 15.2. The number of nitrogens with zero attached hydrogens (tertiary/aromatic N) is 1. The number of primary amides is 1. The zero-order valence-corrected chi connectivity index (χ0v) is 12.9. The van der Waals surface area contributed by atoms with E-state index in [1.165, 1.54) is 0 Å². The van der Waals surface area contributed by atoms with Crippen molar-refractivity contribution in [3.63, 3.8) is 0 Å². The highest BCUT2D eigenvalue weighted by atomic mass is 16.2. The first kappa shape index (κ1) is 16.3. The summed E-state index contributed by atoms with van der Waals surface area (Å²) in [5.41, 5.74) is 11.2. The monoisotopic (exact) mass is 295 g/mol. The Bertz CT molecular complexity index is 359. The number of hydrogen-bond donors (Lipinski definition) is 2. The third-order valence-corrected chi connectivity index (χ3v) is 5.07. The maximum Gasteiger partial charge on any atom is 0.237 e. The van der Waals surface area contributed by atoms with E-state index in [-0.39, 0.29) is 18.5 Å². The van der Waals surface area contributed by atoms with E-state index in [1.807, 2.05) is 0 Å². The van der Waals surface area contributed by atoms with Gasteiger partial charge in [0.15, 0.2) is 0 Å². The van der Waals surface area contributed by atoms with Crippen LogP contribution in [-0.4, -0.2) is 35.3 Å². The van der Waals surface area contributed by atoms with Gasteiger partial charge in [0.2, 0.25) is 11.8 Å². The van der Waals surface area contributed by atoms with E-state index >= 15 is 0 Å². The Labute approximate surface area is 127 Å². The van der Waals surface area contributed by atoms with Crippen molar-refractivity contribution >= 4 is 11.8 Å². The van der Waals surface area contributed by atoms with Crippen LogP contribution in [0.2, 0.25) is 0 Å². The fourth-order valence-electron chi connectivity index (χ4n) is 3.75. The van der Waals surface area contributed by atoms with Gasteiger partial charge in [0.25, 0.3) is 0 Å². The predicted molar refractivity (Wildman–Crippen MR) is 82.3 cm³/mol. The van der Waals surface area contributed by atoms with E-state index in [9.17, 15) is 9.59 Å². The minimum absolute atomic E-state index is 0.0824. The van der Waals surface area contributed by atoms with Crippen LogP contribution in [0.5, 0.6) is 0 Å². The molecule has 2 saturated carbocycles. The molecule has 0 heterocycles. The first-order chi connectivity index (χ1) is 10.1. The first-order valence-electron chi connectivity index (χ1n) is 8.39. The molecule has 0 unspecified atom stereocenters. The Morgan fingerprint density at radius 1 is 1.00 bits per heavy atom. The SMILES string of the molecule is NC(=O)CN(C(=O)CCC1CCC(N)CC1)C1CCCC1. The fourth-order valence-corrected chi connectivity index (χ4v) is 3.75. The highest BCUT2D eigenvalue weighted by Gasteiger charge is 2.28. The molecule has 5 heteroatoms. The molecule has 0 aromatic rings. The van der Waals surface area contributed by atoms with Gasteiger partial charge in [0, 0.05) is 18.5 Å². The van der Waals surface area contributed by atoms with E-state index in [0.717, 1.165) is 57.8 Å². The molecule has 2 aliphatic carbocycles. The molecular formula is C16H29N3O2. The topological polar surface area (TPSA) is 89.4 Å². The summed E-state index contributed by atoms with van der Waals surface area (Å²) in [5, 5.41) is 0. The van der Waals surface area contributed by atoms with E-state index in [4.69, 9.17) is 11.5 Å². The Kier molecular flexibility index (Phi) is 6.03. The lowest BCUT2D eigenvalue weighted by Gasteiger charge is -2.30. The van der Waals surface area contributed by atoms with Gasteiger partial charge in [-0.3, -0.25) is 9.59 Å². The molecule has 21 heavy (non-hydrogen) atoms. The largest absolute Gasteiger partial charge is 0.368 e. The molecule has 0 saturated heterocycles. The molecule has 2 amide bonds. The molecule has 2 aliphatic rings. The van der Waals surface area contributed by atoms with Crippen molar-refractivity contribution < 1.29 is 9.59 Å². The summed E-state index contributed by atoms with van der Waals surface area (Å²) < 4.78 is 0. The van der Waals surface area contributed by atoms with Crippen molar-refractivity contribution in [2.24, 2.45) is 17.4 Å². The predicted octanol–water partition coefficient (Wildman–Crippen LogP) is 1.54. The molecular weight excluding hydrogens is 266 g/mol. The van der Waals surface area contributed by atoms with Gasteiger partial charge >= 0.3 is 0 Å². The Balaban J connectivity index is 1.81. The van der Waals surface area contributed by atoms with E-state index in [1.54, 1.807) is 4.90 Å². The number of carbonyl (C=O) groups excluding carboxylic acids is 2. The lowest BCUT2D eigenvalue weighted by molar-refractivity contribution is -0.137. The number of carbonyl (C=O) groups is 2. The zero-order valence-electron chi connectivity index (χ0n) is 12.9. The molecule has 0 aromatic heterocycles. The maximum absolute atomic E-state index is 12.5. The van der Waals surface area contributed by atoms with Gasteiger partial charge < -0.3 is 16.4 Å². The fraction of sp³-hybridized carbons (Fsp3) is 0.875. The molecule has 0 spiro atoms. The van der Waals surface area contributed by atoms with Gasteiger partial charge in [-0.05, 0) is 50.9 Å². The summed E-state index contributed by atoms with van der Waals surface area (Å²) in [4.78, 5) is 25.4. The minimum Gasteiger partial charge on any atom is -0.368 e.